The molecule has 1 N–H and O–H groups in total. The molecule has 18 heavy (non-hydrogen) atoms. The monoisotopic (exact) mass is 246 g/mol. The van der Waals surface area contributed by atoms with Gasteiger partial charge in [-0.05, 0) is 12.5 Å². The van der Waals surface area contributed by atoms with Gasteiger partial charge in [-0.1, -0.05) is 30.3 Å². The second-order valence-corrected chi connectivity index (χ2v) is 3.96. The van der Waals surface area contributed by atoms with Crippen molar-refractivity contribution < 1.29 is 9.13 Å². The fraction of sp³-hybridized carbons (Fsp3) is 0.214. The summed E-state index contributed by atoms with van der Waals surface area (Å²) < 4.78 is 18.6. The van der Waals surface area contributed by atoms with Gasteiger partial charge in [-0.2, -0.15) is 0 Å². The van der Waals surface area contributed by atoms with Gasteiger partial charge < -0.3 is 10.1 Å². The lowest BCUT2D eigenvalue weighted by Gasteiger charge is -2.11. The molecular weight excluding hydrogens is 231 g/mol. The Bertz CT molecular complexity index is 529. The van der Waals surface area contributed by atoms with Crippen LogP contribution in [0.4, 0.5) is 10.1 Å². The zero-order valence-electron chi connectivity index (χ0n) is 10.4. The second-order valence-electron chi connectivity index (χ2n) is 3.96. The van der Waals surface area contributed by atoms with Crippen molar-refractivity contribution in [2.24, 2.45) is 0 Å². The highest BCUT2D eigenvalue weighted by molar-refractivity contribution is 5.51. The number of aromatic nitrogens is 1. The molecule has 1 heterocycles. The van der Waals surface area contributed by atoms with E-state index < -0.39 is 5.82 Å². The van der Waals surface area contributed by atoms with Crippen molar-refractivity contribution in [1.29, 1.82) is 0 Å². The van der Waals surface area contributed by atoms with Gasteiger partial charge in [0.1, 0.15) is 0 Å². The highest BCUT2D eigenvalue weighted by atomic mass is 19.1. The predicted molar refractivity (Wildman–Crippen MR) is 69.3 cm³/mol. The van der Waals surface area contributed by atoms with Crippen molar-refractivity contribution in [3.05, 3.63) is 53.5 Å². The van der Waals surface area contributed by atoms with Crippen LogP contribution in [0.1, 0.15) is 11.1 Å². The molecule has 0 fully saturated rings. The van der Waals surface area contributed by atoms with E-state index in [0.29, 0.717) is 17.8 Å². The lowest BCUT2D eigenvalue weighted by molar-refractivity contribution is 0.368. The van der Waals surface area contributed by atoms with Gasteiger partial charge in [-0.25, -0.2) is 9.37 Å². The van der Waals surface area contributed by atoms with Gasteiger partial charge in [0.05, 0.1) is 19.0 Å². The van der Waals surface area contributed by atoms with Crippen molar-refractivity contribution in [3.63, 3.8) is 0 Å². The van der Waals surface area contributed by atoms with Gasteiger partial charge >= 0.3 is 0 Å². The summed E-state index contributed by atoms with van der Waals surface area (Å²) in [6.45, 7) is 2.34. The van der Waals surface area contributed by atoms with Crippen molar-refractivity contribution >= 4 is 5.69 Å². The predicted octanol–water partition coefficient (Wildman–Crippen LogP) is 3.15. The molecule has 1 aromatic carbocycles. The number of anilines is 1. The van der Waals surface area contributed by atoms with Crippen molar-refractivity contribution in [2.75, 3.05) is 12.4 Å². The summed E-state index contributed by atoms with van der Waals surface area (Å²) in [5.74, 6) is -0.395. The van der Waals surface area contributed by atoms with Crippen LogP contribution in [0.2, 0.25) is 0 Å². The summed E-state index contributed by atoms with van der Waals surface area (Å²) in [4.78, 5) is 3.91. The fourth-order valence-electron chi connectivity index (χ4n) is 1.67. The molecule has 0 atom stereocenters. The number of methoxy groups -OCH3 is 1. The molecule has 0 saturated carbocycles. The minimum atomic E-state index is -0.421. The first kappa shape index (κ1) is 12.4. The molecule has 94 valence electrons. The summed E-state index contributed by atoms with van der Waals surface area (Å²) in [6, 6.07) is 9.92. The van der Waals surface area contributed by atoms with Crippen molar-refractivity contribution in [2.45, 2.75) is 13.5 Å². The highest BCUT2D eigenvalue weighted by Crippen LogP contribution is 2.23. The van der Waals surface area contributed by atoms with Crippen LogP contribution in [0, 0.1) is 12.7 Å². The number of ether oxygens (including phenoxy) is 1. The van der Waals surface area contributed by atoms with E-state index in [-0.39, 0.29) is 5.88 Å². The Morgan fingerprint density at radius 1 is 1.28 bits per heavy atom. The van der Waals surface area contributed by atoms with E-state index in [9.17, 15) is 4.39 Å². The van der Waals surface area contributed by atoms with E-state index in [0.717, 1.165) is 5.56 Å². The van der Waals surface area contributed by atoms with E-state index >= 15 is 0 Å². The Kier molecular flexibility index (Phi) is 3.77. The zero-order chi connectivity index (χ0) is 13.0. The summed E-state index contributed by atoms with van der Waals surface area (Å²) in [7, 11) is 1.40. The lowest BCUT2D eigenvalue weighted by Crippen LogP contribution is -2.04. The summed E-state index contributed by atoms with van der Waals surface area (Å²) >= 11 is 0. The van der Waals surface area contributed by atoms with Crippen molar-refractivity contribution in [1.82, 2.24) is 4.98 Å². The molecule has 4 heteroatoms. The Morgan fingerprint density at radius 3 is 2.67 bits per heavy atom. The van der Waals surface area contributed by atoms with Crippen LogP contribution >= 0.6 is 0 Å². The molecule has 0 amide bonds. The quantitative estimate of drug-likeness (QED) is 0.899. The molecule has 2 aromatic rings. The topological polar surface area (TPSA) is 34.1 Å². The van der Waals surface area contributed by atoms with E-state index in [1.165, 1.54) is 7.11 Å². The molecule has 0 aliphatic rings. The van der Waals surface area contributed by atoms with Crippen LogP contribution in [-0.2, 0) is 6.54 Å². The summed E-state index contributed by atoms with van der Waals surface area (Å²) in [5.41, 5.74) is 2.32. The number of nitrogens with zero attached hydrogens (tertiary/aromatic N) is 1. The van der Waals surface area contributed by atoms with Gasteiger partial charge in [0.25, 0.3) is 5.88 Å². The smallest absolute Gasteiger partial charge is 0.250 e. The Morgan fingerprint density at radius 2 is 2.00 bits per heavy atom. The number of benzene rings is 1. The minimum absolute atomic E-state index is 0.0257. The normalized spacial score (nSPS) is 10.2. The Labute approximate surface area is 106 Å². The van der Waals surface area contributed by atoms with E-state index in [1.54, 1.807) is 13.1 Å². The maximum atomic E-state index is 13.8. The van der Waals surface area contributed by atoms with Crippen LogP contribution in [-0.4, -0.2) is 12.1 Å². The third-order valence-electron chi connectivity index (χ3n) is 2.75. The number of hydrogen-bond donors (Lipinski definition) is 1. The zero-order valence-corrected chi connectivity index (χ0v) is 10.4. The minimum Gasteiger partial charge on any atom is -0.479 e. The van der Waals surface area contributed by atoms with Crippen LogP contribution in [0.15, 0.2) is 36.5 Å². The largest absolute Gasteiger partial charge is 0.479 e. The van der Waals surface area contributed by atoms with E-state index in [4.69, 9.17) is 4.74 Å². The SMILES string of the molecule is COc1ncc(NCc2ccccc2)c(C)c1F. The standard InChI is InChI=1S/C14H15FN2O/c1-10-12(9-17-14(18-2)13(10)15)16-8-11-6-4-3-5-7-11/h3-7,9,16H,8H2,1-2H3. The fourth-order valence-corrected chi connectivity index (χ4v) is 1.67. The molecule has 0 spiro atoms. The number of halogens is 1. The van der Waals surface area contributed by atoms with Crippen LogP contribution in [0.3, 0.4) is 0 Å². The third-order valence-corrected chi connectivity index (χ3v) is 2.75. The van der Waals surface area contributed by atoms with Crippen LogP contribution < -0.4 is 10.1 Å². The van der Waals surface area contributed by atoms with Crippen molar-refractivity contribution in [3.8, 4) is 5.88 Å². The Hall–Kier alpha value is -2.10. The van der Waals surface area contributed by atoms with Gasteiger partial charge in [0.2, 0.25) is 0 Å². The second kappa shape index (κ2) is 5.49. The third kappa shape index (κ3) is 2.59. The van der Waals surface area contributed by atoms with Gasteiger partial charge in [0, 0.05) is 12.1 Å². The first-order valence-electron chi connectivity index (χ1n) is 5.69. The van der Waals surface area contributed by atoms with Gasteiger partial charge in [0.15, 0.2) is 5.82 Å². The first-order valence-corrected chi connectivity index (χ1v) is 5.69. The van der Waals surface area contributed by atoms with Crippen LogP contribution in [0.5, 0.6) is 5.88 Å². The first-order chi connectivity index (χ1) is 8.72. The molecule has 2 rings (SSSR count). The molecule has 0 aliphatic carbocycles. The number of rotatable bonds is 4. The molecule has 0 bridgehead atoms. The molecular formula is C14H15FN2O. The summed E-state index contributed by atoms with van der Waals surface area (Å²) in [6.07, 6.45) is 1.58. The number of hydrogen-bond acceptors (Lipinski definition) is 3. The average molecular weight is 246 g/mol. The van der Waals surface area contributed by atoms with E-state index in [1.807, 2.05) is 30.3 Å². The van der Waals surface area contributed by atoms with E-state index in [2.05, 4.69) is 10.3 Å². The summed E-state index contributed by atoms with van der Waals surface area (Å²) in [5, 5.41) is 3.16. The average Bonchev–Trinajstić information content (AvgIpc) is 2.42. The maximum Gasteiger partial charge on any atom is 0.250 e. The number of nitrogens with one attached hydrogen (secondary N) is 1. The highest BCUT2D eigenvalue weighted by Gasteiger charge is 2.11. The molecule has 1 aromatic heterocycles. The molecule has 0 unspecified atom stereocenters. The number of pyridine rings is 1. The molecule has 0 saturated heterocycles. The molecule has 3 nitrogen and oxygen atoms in total. The van der Waals surface area contributed by atoms with Gasteiger partial charge in [-0.3, -0.25) is 0 Å². The Balaban J connectivity index is 2.13. The molecule has 0 radical (unpaired) electrons. The lowest BCUT2D eigenvalue weighted by atomic mass is 10.2. The molecule has 0 aliphatic heterocycles. The van der Waals surface area contributed by atoms with Crippen LogP contribution in [0.25, 0.3) is 0 Å². The maximum absolute atomic E-state index is 13.8. The van der Waals surface area contributed by atoms with Gasteiger partial charge in [-0.15, -0.1) is 0 Å².